The second-order valence-corrected chi connectivity index (χ2v) is 4.53. The number of benzene rings is 1. The molecule has 1 aromatic carbocycles. The first-order valence-electron chi connectivity index (χ1n) is 6.83. The van der Waals surface area contributed by atoms with Crippen molar-refractivity contribution in [2.45, 2.75) is 32.9 Å². The molecule has 0 saturated carbocycles. The van der Waals surface area contributed by atoms with Gasteiger partial charge in [0.2, 0.25) is 0 Å². The van der Waals surface area contributed by atoms with Gasteiger partial charge < -0.3 is 20.1 Å². The topological polar surface area (TPSA) is 54.9 Å². The highest BCUT2D eigenvalue weighted by molar-refractivity contribution is 5.80. The van der Waals surface area contributed by atoms with Crippen molar-refractivity contribution in [2.24, 2.45) is 4.99 Å². The summed E-state index contributed by atoms with van der Waals surface area (Å²) in [4.78, 5) is 4.21. The monoisotopic (exact) mass is 279 g/mol. The second-order valence-electron chi connectivity index (χ2n) is 4.53. The average molecular weight is 279 g/mol. The van der Waals surface area contributed by atoms with Crippen molar-refractivity contribution in [1.29, 1.82) is 0 Å². The van der Waals surface area contributed by atoms with E-state index in [1.165, 1.54) is 0 Å². The summed E-state index contributed by atoms with van der Waals surface area (Å²) in [7, 11) is 5.05. The number of nitrogens with zero attached hydrogens (tertiary/aromatic N) is 1. The summed E-state index contributed by atoms with van der Waals surface area (Å²) in [5.74, 6) is 2.27. The summed E-state index contributed by atoms with van der Waals surface area (Å²) >= 11 is 0. The van der Waals surface area contributed by atoms with Crippen LogP contribution in [0.1, 0.15) is 25.8 Å². The third kappa shape index (κ3) is 4.33. The quantitative estimate of drug-likeness (QED) is 0.619. The Morgan fingerprint density at radius 3 is 2.60 bits per heavy atom. The lowest BCUT2D eigenvalue weighted by Crippen LogP contribution is -2.41. The molecular formula is C15H25N3O2. The third-order valence-corrected chi connectivity index (χ3v) is 3.15. The maximum atomic E-state index is 5.41. The molecule has 0 saturated heterocycles. The van der Waals surface area contributed by atoms with E-state index < -0.39 is 0 Å². The minimum Gasteiger partial charge on any atom is -0.493 e. The first-order valence-corrected chi connectivity index (χ1v) is 6.83. The van der Waals surface area contributed by atoms with Gasteiger partial charge in [-0.15, -0.1) is 0 Å². The van der Waals surface area contributed by atoms with Gasteiger partial charge in [-0.25, -0.2) is 0 Å². The molecule has 0 amide bonds. The summed E-state index contributed by atoms with van der Waals surface area (Å²) < 4.78 is 10.7. The molecule has 0 bridgehead atoms. The third-order valence-electron chi connectivity index (χ3n) is 3.15. The van der Waals surface area contributed by atoms with Crippen LogP contribution in [-0.4, -0.2) is 33.3 Å². The first kappa shape index (κ1) is 16.1. The molecule has 112 valence electrons. The maximum Gasteiger partial charge on any atom is 0.191 e. The molecule has 1 atom stereocenters. The highest BCUT2D eigenvalue weighted by Crippen LogP contribution is 2.30. The van der Waals surface area contributed by atoms with Crippen LogP contribution >= 0.6 is 0 Å². The summed E-state index contributed by atoms with van der Waals surface area (Å²) in [6, 6.07) is 6.22. The minimum absolute atomic E-state index is 0.383. The molecule has 0 fully saturated rings. The SMILES string of the molecule is CCC(C)NC(=NC)NCc1cccc(OC)c1OC. The van der Waals surface area contributed by atoms with Crippen molar-refractivity contribution in [3.63, 3.8) is 0 Å². The van der Waals surface area contributed by atoms with Crippen LogP contribution in [-0.2, 0) is 6.54 Å². The number of rotatable bonds is 6. The van der Waals surface area contributed by atoms with Gasteiger partial charge in [0, 0.05) is 25.2 Å². The summed E-state index contributed by atoms with van der Waals surface area (Å²) in [5, 5.41) is 6.60. The first-order chi connectivity index (χ1) is 9.65. The second kappa shape index (κ2) is 8.30. The number of hydrogen-bond acceptors (Lipinski definition) is 3. The zero-order valence-electron chi connectivity index (χ0n) is 13.0. The van der Waals surface area contributed by atoms with Crippen molar-refractivity contribution in [2.75, 3.05) is 21.3 Å². The average Bonchev–Trinajstić information content (AvgIpc) is 2.50. The Morgan fingerprint density at radius 2 is 2.05 bits per heavy atom. The van der Waals surface area contributed by atoms with Gasteiger partial charge in [0.1, 0.15) is 0 Å². The van der Waals surface area contributed by atoms with E-state index in [1.54, 1.807) is 21.3 Å². The Kier molecular flexibility index (Phi) is 6.70. The molecule has 2 N–H and O–H groups in total. The summed E-state index contributed by atoms with van der Waals surface area (Å²) in [6.07, 6.45) is 1.04. The molecule has 1 rings (SSSR count). The smallest absolute Gasteiger partial charge is 0.191 e. The molecule has 5 heteroatoms. The largest absolute Gasteiger partial charge is 0.493 e. The molecule has 1 unspecified atom stereocenters. The molecule has 5 nitrogen and oxygen atoms in total. The van der Waals surface area contributed by atoms with Gasteiger partial charge >= 0.3 is 0 Å². The Labute approximate surface area is 121 Å². The zero-order chi connectivity index (χ0) is 15.0. The van der Waals surface area contributed by atoms with Crippen LogP contribution in [0.3, 0.4) is 0 Å². The molecule has 0 radical (unpaired) electrons. The van der Waals surface area contributed by atoms with Gasteiger partial charge in [-0.3, -0.25) is 4.99 Å². The Bertz CT molecular complexity index is 447. The molecular weight excluding hydrogens is 254 g/mol. The van der Waals surface area contributed by atoms with Crippen LogP contribution < -0.4 is 20.1 Å². The van der Waals surface area contributed by atoms with Crippen molar-refractivity contribution < 1.29 is 9.47 Å². The standard InChI is InChI=1S/C15H25N3O2/c1-6-11(2)18-15(16-3)17-10-12-8-7-9-13(19-4)14(12)20-5/h7-9,11H,6,10H2,1-5H3,(H2,16,17,18). The lowest BCUT2D eigenvalue weighted by molar-refractivity contribution is 0.351. The minimum atomic E-state index is 0.383. The van der Waals surface area contributed by atoms with Gasteiger partial charge in [0.15, 0.2) is 17.5 Å². The van der Waals surface area contributed by atoms with E-state index in [2.05, 4.69) is 29.5 Å². The van der Waals surface area contributed by atoms with E-state index >= 15 is 0 Å². The normalized spacial score (nSPS) is 12.8. The predicted octanol–water partition coefficient (Wildman–Crippen LogP) is 2.17. The van der Waals surface area contributed by atoms with E-state index in [4.69, 9.17) is 9.47 Å². The number of para-hydroxylation sites is 1. The fourth-order valence-corrected chi connectivity index (χ4v) is 1.80. The van der Waals surface area contributed by atoms with E-state index in [9.17, 15) is 0 Å². The van der Waals surface area contributed by atoms with Gasteiger partial charge in [-0.2, -0.15) is 0 Å². The van der Waals surface area contributed by atoms with Crippen LogP contribution in [0.4, 0.5) is 0 Å². The van der Waals surface area contributed by atoms with Crippen LogP contribution in [0, 0.1) is 0 Å². The molecule has 20 heavy (non-hydrogen) atoms. The van der Waals surface area contributed by atoms with Gasteiger partial charge in [-0.1, -0.05) is 19.1 Å². The molecule has 0 spiro atoms. The van der Waals surface area contributed by atoms with E-state index in [0.717, 1.165) is 29.4 Å². The molecule has 0 aliphatic heterocycles. The lowest BCUT2D eigenvalue weighted by atomic mass is 10.2. The highest BCUT2D eigenvalue weighted by atomic mass is 16.5. The number of methoxy groups -OCH3 is 2. The Morgan fingerprint density at radius 1 is 1.30 bits per heavy atom. The molecule has 0 heterocycles. The van der Waals surface area contributed by atoms with Crippen molar-refractivity contribution >= 4 is 5.96 Å². The van der Waals surface area contributed by atoms with Gasteiger partial charge in [0.25, 0.3) is 0 Å². The van der Waals surface area contributed by atoms with E-state index in [1.807, 2.05) is 18.2 Å². The fourth-order valence-electron chi connectivity index (χ4n) is 1.80. The van der Waals surface area contributed by atoms with Crippen LogP contribution in [0.5, 0.6) is 11.5 Å². The van der Waals surface area contributed by atoms with Crippen molar-refractivity contribution in [1.82, 2.24) is 10.6 Å². The number of hydrogen-bond donors (Lipinski definition) is 2. The van der Waals surface area contributed by atoms with Crippen LogP contribution in [0.15, 0.2) is 23.2 Å². The Hall–Kier alpha value is -1.91. The molecule has 0 aliphatic carbocycles. The Balaban J connectivity index is 2.74. The molecule has 0 aliphatic rings. The number of nitrogens with one attached hydrogen (secondary N) is 2. The van der Waals surface area contributed by atoms with Crippen molar-refractivity contribution in [3.05, 3.63) is 23.8 Å². The summed E-state index contributed by atoms with van der Waals surface area (Å²) in [5.41, 5.74) is 1.03. The number of aliphatic imine (C=N–C) groups is 1. The van der Waals surface area contributed by atoms with E-state index in [0.29, 0.717) is 12.6 Å². The maximum absolute atomic E-state index is 5.41. The van der Waals surface area contributed by atoms with E-state index in [-0.39, 0.29) is 0 Å². The molecule has 1 aromatic rings. The number of guanidine groups is 1. The van der Waals surface area contributed by atoms with Crippen molar-refractivity contribution in [3.8, 4) is 11.5 Å². The van der Waals surface area contributed by atoms with Gasteiger partial charge in [-0.05, 0) is 19.4 Å². The predicted molar refractivity (Wildman–Crippen MR) is 82.6 cm³/mol. The molecule has 0 aromatic heterocycles. The number of ether oxygens (including phenoxy) is 2. The fraction of sp³-hybridized carbons (Fsp3) is 0.533. The van der Waals surface area contributed by atoms with Crippen LogP contribution in [0.2, 0.25) is 0 Å². The lowest BCUT2D eigenvalue weighted by Gasteiger charge is -2.18. The van der Waals surface area contributed by atoms with Gasteiger partial charge in [0.05, 0.1) is 14.2 Å². The zero-order valence-corrected chi connectivity index (χ0v) is 13.0. The van der Waals surface area contributed by atoms with Crippen LogP contribution in [0.25, 0.3) is 0 Å². The summed E-state index contributed by atoms with van der Waals surface area (Å²) in [6.45, 7) is 4.88. The highest BCUT2D eigenvalue weighted by Gasteiger charge is 2.10.